The van der Waals surface area contributed by atoms with Crippen molar-refractivity contribution >= 4 is 5.91 Å². The highest BCUT2D eigenvalue weighted by Crippen LogP contribution is 2.33. The first-order valence-electron chi connectivity index (χ1n) is 29.4. The van der Waals surface area contributed by atoms with Crippen LogP contribution < -0.4 is 5.32 Å². The summed E-state index contributed by atoms with van der Waals surface area (Å²) in [5.41, 5.74) is 0. The second kappa shape index (κ2) is 40.7. The predicted molar refractivity (Wildman–Crippen MR) is 282 cm³/mol. The standard InChI is InChI=1S/C56H105NO18/c1-3-5-7-9-11-13-15-16-17-18-19-20-21-22-24-25-27-29-31-33-40(61)39(57-44(62)34-32-30-28-26-23-14-12-10-8-6-4-2)38-70-54-50(68)47(65)52(42(36-59)72-54)75-56-51(69)48(66)53(43(37-60)73-56)74-55-49(67)46(64)45(63)41(35-58)71-55/h31,33,39-43,45-56,58-61,63-69H,3-30,32,34-38H2,1-2H3,(H,57,62)/b33-31+. The van der Waals surface area contributed by atoms with Gasteiger partial charge in [0, 0.05) is 6.42 Å². The Kier molecular flexibility index (Phi) is 36.8. The summed E-state index contributed by atoms with van der Waals surface area (Å²) in [6, 6.07) is -0.965. The molecule has 0 saturated carbocycles. The van der Waals surface area contributed by atoms with Crippen LogP contribution in [0.3, 0.4) is 0 Å². The maximum atomic E-state index is 13.3. The quantitative estimate of drug-likeness (QED) is 0.0293. The Morgan fingerprint density at radius 2 is 0.827 bits per heavy atom. The Bertz CT molecular complexity index is 1430. The molecule has 0 radical (unpaired) electrons. The van der Waals surface area contributed by atoms with E-state index in [1.165, 1.54) is 135 Å². The molecule has 3 aliphatic heterocycles. The van der Waals surface area contributed by atoms with E-state index in [0.29, 0.717) is 6.42 Å². The highest BCUT2D eigenvalue weighted by molar-refractivity contribution is 5.76. The number of aliphatic hydroxyl groups is 11. The Labute approximate surface area is 448 Å². The van der Waals surface area contributed by atoms with Gasteiger partial charge in [-0.3, -0.25) is 4.79 Å². The van der Waals surface area contributed by atoms with Crippen molar-refractivity contribution in [3.63, 3.8) is 0 Å². The molecule has 0 aromatic rings. The zero-order valence-corrected chi connectivity index (χ0v) is 45.8. The SMILES string of the molecule is CCCCCCCCCCCCCCCCCCC/C=C/C(O)C(COC1OC(CO)C(OC2OC(CO)C(OC3OC(CO)C(O)C(O)C3O)C(O)C2O)C(O)C1O)NC(=O)CCCCCCCCCCCCC. The van der Waals surface area contributed by atoms with Crippen LogP contribution >= 0.6 is 0 Å². The van der Waals surface area contributed by atoms with E-state index in [-0.39, 0.29) is 18.9 Å². The Balaban J connectivity index is 1.51. The van der Waals surface area contributed by atoms with Crippen LogP contribution in [-0.2, 0) is 33.2 Å². The van der Waals surface area contributed by atoms with E-state index in [4.69, 9.17) is 28.4 Å². The zero-order chi connectivity index (χ0) is 54.8. The first-order chi connectivity index (χ1) is 36.3. The van der Waals surface area contributed by atoms with Crippen molar-refractivity contribution in [1.82, 2.24) is 5.32 Å². The summed E-state index contributed by atoms with van der Waals surface area (Å²) in [4.78, 5) is 13.3. The minimum atomic E-state index is -1.97. The highest BCUT2D eigenvalue weighted by Gasteiger charge is 2.53. The molecule has 0 spiro atoms. The van der Waals surface area contributed by atoms with E-state index in [1.807, 2.05) is 6.08 Å². The molecule has 19 heteroatoms. The van der Waals surface area contributed by atoms with Gasteiger partial charge >= 0.3 is 0 Å². The van der Waals surface area contributed by atoms with Crippen LogP contribution in [0.25, 0.3) is 0 Å². The predicted octanol–water partition coefficient (Wildman–Crippen LogP) is 4.60. The van der Waals surface area contributed by atoms with Gasteiger partial charge in [0.25, 0.3) is 0 Å². The molecule has 19 nitrogen and oxygen atoms in total. The monoisotopic (exact) mass is 1080 g/mol. The fourth-order valence-corrected chi connectivity index (χ4v) is 10.2. The summed E-state index contributed by atoms with van der Waals surface area (Å²) in [7, 11) is 0. The molecule has 0 aliphatic carbocycles. The van der Waals surface area contributed by atoms with Crippen molar-refractivity contribution in [3.8, 4) is 0 Å². The number of rotatable bonds is 43. The lowest BCUT2D eigenvalue weighted by atomic mass is 9.96. The lowest BCUT2D eigenvalue weighted by Crippen LogP contribution is -2.66. The van der Waals surface area contributed by atoms with Crippen molar-refractivity contribution in [1.29, 1.82) is 0 Å². The van der Waals surface area contributed by atoms with Crippen molar-refractivity contribution < 1.29 is 89.4 Å². The molecule has 1 amide bonds. The Hall–Kier alpha value is -1.47. The summed E-state index contributed by atoms with van der Waals surface area (Å²) in [6.07, 6.45) is 12.0. The normalized spacial score (nSPS) is 31.2. The maximum absolute atomic E-state index is 13.3. The lowest BCUT2D eigenvalue weighted by Gasteiger charge is -2.48. The average molecular weight is 1080 g/mol. The number of carbonyl (C=O) groups excluding carboxylic acids is 1. The summed E-state index contributed by atoms with van der Waals surface area (Å²) in [5.74, 6) is -0.276. The highest BCUT2D eigenvalue weighted by atomic mass is 16.8. The van der Waals surface area contributed by atoms with E-state index in [2.05, 4.69) is 19.2 Å². The summed E-state index contributed by atoms with van der Waals surface area (Å²) < 4.78 is 34.2. The molecule has 0 aromatic heterocycles. The number of hydrogen-bond donors (Lipinski definition) is 12. The van der Waals surface area contributed by atoms with Gasteiger partial charge in [-0.1, -0.05) is 193 Å². The number of ether oxygens (including phenoxy) is 6. The molecule has 3 saturated heterocycles. The topological polar surface area (TPSA) is 307 Å². The minimum absolute atomic E-state index is 0.248. The second-order valence-corrected chi connectivity index (χ2v) is 21.5. The third-order valence-corrected chi connectivity index (χ3v) is 15.1. The van der Waals surface area contributed by atoms with Gasteiger partial charge in [-0.2, -0.15) is 0 Å². The number of aliphatic hydroxyl groups excluding tert-OH is 11. The fraction of sp³-hybridized carbons (Fsp3) is 0.946. The van der Waals surface area contributed by atoms with Gasteiger partial charge in [-0.25, -0.2) is 0 Å². The van der Waals surface area contributed by atoms with Gasteiger partial charge in [0.15, 0.2) is 18.9 Å². The van der Waals surface area contributed by atoms with Gasteiger partial charge in [0.05, 0.1) is 38.6 Å². The number of unbranched alkanes of at least 4 members (excludes halogenated alkanes) is 27. The van der Waals surface area contributed by atoms with Crippen LogP contribution in [0.5, 0.6) is 0 Å². The van der Waals surface area contributed by atoms with Crippen molar-refractivity contribution in [3.05, 3.63) is 12.2 Å². The first-order valence-corrected chi connectivity index (χ1v) is 29.4. The molecule has 442 valence electrons. The third-order valence-electron chi connectivity index (χ3n) is 15.1. The number of amides is 1. The molecular weight excluding hydrogens is 975 g/mol. The average Bonchev–Trinajstić information content (AvgIpc) is 3.41. The van der Waals surface area contributed by atoms with Gasteiger partial charge < -0.3 is 89.9 Å². The maximum Gasteiger partial charge on any atom is 0.220 e. The van der Waals surface area contributed by atoms with Gasteiger partial charge in [-0.15, -0.1) is 0 Å². The van der Waals surface area contributed by atoms with Crippen LogP contribution in [-0.4, -0.2) is 193 Å². The minimum Gasteiger partial charge on any atom is -0.394 e. The van der Waals surface area contributed by atoms with E-state index in [1.54, 1.807) is 6.08 Å². The molecule has 3 aliphatic rings. The third kappa shape index (κ3) is 25.3. The number of nitrogens with one attached hydrogen (secondary N) is 1. The van der Waals surface area contributed by atoms with E-state index < -0.39 is 124 Å². The molecule has 3 fully saturated rings. The van der Waals surface area contributed by atoms with Crippen LogP contribution in [0.15, 0.2) is 12.2 Å². The Morgan fingerprint density at radius 3 is 1.25 bits per heavy atom. The van der Waals surface area contributed by atoms with Crippen LogP contribution in [0.1, 0.15) is 206 Å². The van der Waals surface area contributed by atoms with Crippen molar-refractivity contribution in [2.75, 3.05) is 26.4 Å². The summed E-state index contributed by atoms with van der Waals surface area (Å²) in [5, 5.41) is 120. The molecule has 0 bridgehead atoms. The molecule has 17 unspecified atom stereocenters. The van der Waals surface area contributed by atoms with Crippen LogP contribution in [0.4, 0.5) is 0 Å². The second-order valence-electron chi connectivity index (χ2n) is 21.5. The summed E-state index contributed by atoms with van der Waals surface area (Å²) in [6.45, 7) is 1.71. The van der Waals surface area contributed by atoms with Crippen molar-refractivity contribution in [2.24, 2.45) is 0 Å². The lowest BCUT2D eigenvalue weighted by molar-refractivity contribution is -0.379. The fourth-order valence-electron chi connectivity index (χ4n) is 10.2. The first kappa shape index (κ1) is 67.8. The summed E-state index contributed by atoms with van der Waals surface area (Å²) >= 11 is 0. The smallest absolute Gasteiger partial charge is 0.220 e. The Morgan fingerprint density at radius 1 is 0.467 bits per heavy atom. The molecule has 17 atom stereocenters. The van der Waals surface area contributed by atoms with E-state index in [9.17, 15) is 61.0 Å². The van der Waals surface area contributed by atoms with E-state index >= 15 is 0 Å². The number of hydrogen-bond acceptors (Lipinski definition) is 18. The molecule has 75 heavy (non-hydrogen) atoms. The molecule has 3 heterocycles. The molecule has 3 rings (SSSR count). The zero-order valence-electron chi connectivity index (χ0n) is 45.8. The molecular formula is C56H105NO18. The van der Waals surface area contributed by atoms with Gasteiger partial charge in [0.1, 0.15) is 73.2 Å². The molecule has 0 aromatic carbocycles. The van der Waals surface area contributed by atoms with Gasteiger partial charge in [-0.05, 0) is 19.3 Å². The largest absolute Gasteiger partial charge is 0.394 e. The van der Waals surface area contributed by atoms with Gasteiger partial charge in [0.2, 0.25) is 5.91 Å². The number of allylic oxidation sites excluding steroid dienone is 1. The molecule has 12 N–H and O–H groups in total. The van der Waals surface area contributed by atoms with Crippen LogP contribution in [0.2, 0.25) is 0 Å². The van der Waals surface area contributed by atoms with E-state index in [0.717, 1.165) is 44.9 Å². The number of carbonyl (C=O) groups is 1. The van der Waals surface area contributed by atoms with Crippen LogP contribution in [0, 0.1) is 0 Å². The van der Waals surface area contributed by atoms with Crippen molar-refractivity contribution in [2.45, 2.75) is 311 Å².